The van der Waals surface area contributed by atoms with E-state index in [1.165, 1.54) is 30.4 Å². The third kappa shape index (κ3) is 5.51. The minimum absolute atomic E-state index is 0.225. The number of phenolic OH excluding ortho intramolecular Hbond substituents is 1. The van der Waals surface area contributed by atoms with Gasteiger partial charge in [0.2, 0.25) is 0 Å². The summed E-state index contributed by atoms with van der Waals surface area (Å²) in [5, 5.41) is 21.2. The number of fused-ring (bicyclic) bond motifs is 2. The van der Waals surface area contributed by atoms with Gasteiger partial charge in [0, 0.05) is 0 Å². The third-order valence-electron chi connectivity index (χ3n) is 7.64. The summed E-state index contributed by atoms with van der Waals surface area (Å²) in [7, 11) is 0. The van der Waals surface area contributed by atoms with Crippen molar-refractivity contribution in [1.29, 1.82) is 0 Å². The van der Waals surface area contributed by atoms with Crippen molar-refractivity contribution < 1.29 is 14.9 Å². The zero-order chi connectivity index (χ0) is 21.6. The molecule has 2 N–H and O–H groups in total. The van der Waals surface area contributed by atoms with Gasteiger partial charge in [0.15, 0.2) is 0 Å². The molecule has 2 aromatic carbocycles. The fourth-order valence-corrected chi connectivity index (χ4v) is 5.92. The molecule has 0 amide bonds. The van der Waals surface area contributed by atoms with Gasteiger partial charge in [-0.1, -0.05) is 68.7 Å². The van der Waals surface area contributed by atoms with E-state index in [0.717, 1.165) is 44.1 Å². The summed E-state index contributed by atoms with van der Waals surface area (Å²) in [5.74, 6) is 1.79. The predicted molar refractivity (Wildman–Crippen MR) is 125 cm³/mol. The van der Waals surface area contributed by atoms with Crippen LogP contribution in [0.5, 0.6) is 5.75 Å². The number of aromatic hydroxyl groups is 1. The second-order valence-electron chi connectivity index (χ2n) is 9.71. The fraction of sp³-hybridized carbons (Fsp3) is 0.571. The van der Waals surface area contributed by atoms with Crippen molar-refractivity contribution in [1.82, 2.24) is 0 Å². The minimum atomic E-state index is -0.225. The van der Waals surface area contributed by atoms with Crippen LogP contribution >= 0.6 is 0 Å². The highest BCUT2D eigenvalue weighted by Gasteiger charge is 2.44. The Kier molecular flexibility index (Phi) is 7.68. The molecule has 0 aromatic heterocycles. The number of hydrogen-bond acceptors (Lipinski definition) is 3. The smallest absolute Gasteiger partial charge is 0.119 e. The second kappa shape index (κ2) is 10.7. The van der Waals surface area contributed by atoms with E-state index in [2.05, 4.69) is 37.3 Å². The van der Waals surface area contributed by atoms with Crippen molar-refractivity contribution in [3.63, 3.8) is 0 Å². The Hall–Kier alpha value is -1.84. The van der Waals surface area contributed by atoms with Gasteiger partial charge in [0.05, 0.1) is 18.8 Å². The summed E-state index contributed by atoms with van der Waals surface area (Å²) in [5.41, 5.74) is 3.62. The van der Waals surface area contributed by atoms with Crippen molar-refractivity contribution in [2.24, 2.45) is 17.8 Å². The van der Waals surface area contributed by atoms with Gasteiger partial charge in [0.25, 0.3) is 0 Å². The quantitative estimate of drug-likeness (QED) is 0.458. The van der Waals surface area contributed by atoms with E-state index in [1.807, 2.05) is 12.1 Å². The molecule has 0 saturated heterocycles. The van der Waals surface area contributed by atoms with Crippen LogP contribution in [0.25, 0.3) is 0 Å². The molecule has 168 valence electrons. The molecule has 2 aliphatic carbocycles. The molecule has 0 spiro atoms. The topological polar surface area (TPSA) is 49.7 Å². The third-order valence-corrected chi connectivity index (χ3v) is 7.64. The van der Waals surface area contributed by atoms with Crippen molar-refractivity contribution in [2.75, 3.05) is 0 Å². The van der Waals surface area contributed by atoms with E-state index in [4.69, 9.17) is 4.74 Å². The Morgan fingerprint density at radius 3 is 2.65 bits per heavy atom. The highest BCUT2D eigenvalue weighted by molar-refractivity contribution is 5.42. The molecular formula is C28H38O3. The van der Waals surface area contributed by atoms with Crippen LogP contribution < -0.4 is 0 Å². The van der Waals surface area contributed by atoms with E-state index in [1.54, 1.807) is 6.07 Å². The Morgan fingerprint density at radius 2 is 1.84 bits per heavy atom. The summed E-state index contributed by atoms with van der Waals surface area (Å²) in [4.78, 5) is 0. The lowest BCUT2D eigenvalue weighted by molar-refractivity contribution is 0.0159. The maximum absolute atomic E-state index is 10.9. The molecule has 3 heteroatoms. The van der Waals surface area contributed by atoms with Crippen LogP contribution in [-0.2, 0) is 24.2 Å². The first kappa shape index (κ1) is 22.4. The maximum atomic E-state index is 10.9. The number of ether oxygens (including phenoxy) is 1. The van der Waals surface area contributed by atoms with Crippen molar-refractivity contribution in [3.8, 4) is 5.75 Å². The van der Waals surface area contributed by atoms with E-state index < -0.39 is 0 Å². The summed E-state index contributed by atoms with van der Waals surface area (Å²) in [6.45, 7) is 2.91. The number of aliphatic hydroxyl groups is 1. The first-order valence-corrected chi connectivity index (χ1v) is 12.3. The molecule has 0 heterocycles. The average Bonchev–Trinajstić information content (AvgIpc) is 3.09. The average molecular weight is 423 g/mol. The lowest BCUT2D eigenvalue weighted by Gasteiger charge is -2.32. The zero-order valence-electron chi connectivity index (χ0n) is 18.9. The van der Waals surface area contributed by atoms with E-state index in [0.29, 0.717) is 30.1 Å². The zero-order valence-corrected chi connectivity index (χ0v) is 18.9. The number of rotatable bonds is 10. The van der Waals surface area contributed by atoms with Gasteiger partial charge in [-0.3, -0.25) is 0 Å². The van der Waals surface area contributed by atoms with Gasteiger partial charge in [-0.05, 0) is 79.0 Å². The van der Waals surface area contributed by atoms with Crippen LogP contribution in [0.2, 0.25) is 0 Å². The molecule has 1 saturated carbocycles. The van der Waals surface area contributed by atoms with E-state index >= 15 is 0 Å². The number of unbranched alkanes of at least 4 members (excludes halogenated alkanes) is 2. The molecule has 1 fully saturated rings. The van der Waals surface area contributed by atoms with Gasteiger partial charge in [-0.25, -0.2) is 0 Å². The fourth-order valence-electron chi connectivity index (χ4n) is 5.92. The molecule has 3 nitrogen and oxygen atoms in total. The lowest BCUT2D eigenvalue weighted by atomic mass is 9.73. The van der Waals surface area contributed by atoms with Crippen LogP contribution in [0.15, 0.2) is 48.5 Å². The van der Waals surface area contributed by atoms with Gasteiger partial charge < -0.3 is 14.9 Å². The van der Waals surface area contributed by atoms with Crippen LogP contribution in [0.1, 0.15) is 68.6 Å². The molecule has 5 atom stereocenters. The molecule has 0 radical (unpaired) electrons. The first-order valence-electron chi connectivity index (χ1n) is 12.3. The molecule has 4 rings (SSSR count). The Morgan fingerprint density at radius 1 is 1.00 bits per heavy atom. The SMILES string of the molecule is CCCCC[C@H](CC[C@@H]1[C@H]2Cc3cccc(O)c3C[C@H]2C[C@H]1O)OCc1ccccc1. The number of aliphatic hydroxyl groups excluding tert-OH is 1. The molecular weight excluding hydrogens is 384 g/mol. The largest absolute Gasteiger partial charge is 0.508 e. The van der Waals surface area contributed by atoms with Crippen LogP contribution in [0, 0.1) is 17.8 Å². The molecule has 2 aromatic rings. The highest BCUT2D eigenvalue weighted by atomic mass is 16.5. The lowest BCUT2D eigenvalue weighted by Crippen LogP contribution is -2.28. The molecule has 31 heavy (non-hydrogen) atoms. The summed E-state index contributed by atoms with van der Waals surface area (Å²) in [6, 6.07) is 16.3. The number of hydrogen-bond donors (Lipinski definition) is 2. The minimum Gasteiger partial charge on any atom is -0.508 e. The highest BCUT2D eigenvalue weighted by Crippen LogP contribution is 2.48. The van der Waals surface area contributed by atoms with Crippen molar-refractivity contribution in [2.45, 2.75) is 83.5 Å². The summed E-state index contributed by atoms with van der Waals surface area (Å²) >= 11 is 0. The van der Waals surface area contributed by atoms with Gasteiger partial charge in [-0.15, -0.1) is 0 Å². The molecule has 0 unspecified atom stereocenters. The van der Waals surface area contributed by atoms with E-state index in [-0.39, 0.29) is 12.2 Å². The normalized spacial score (nSPS) is 25.7. The molecule has 0 aliphatic heterocycles. The molecule has 0 bridgehead atoms. The van der Waals surface area contributed by atoms with Crippen LogP contribution in [0.4, 0.5) is 0 Å². The summed E-state index contributed by atoms with van der Waals surface area (Å²) in [6.07, 6.45) is 9.65. The standard InChI is InChI=1S/C28H38O3/c1-2-3-5-12-23(31-19-20-9-6-4-7-10-20)14-15-24-25-16-21-11-8-13-27(29)26(21)17-22(25)18-28(24)30/h4,6-11,13,22-25,28-30H,2-3,5,12,14-19H2,1H3/t22-,23+,24+,25-,28+/m0/s1. The van der Waals surface area contributed by atoms with E-state index in [9.17, 15) is 10.2 Å². The van der Waals surface area contributed by atoms with Crippen LogP contribution in [0.3, 0.4) is 0 Å². The Bertz CT molecular complexity index is 818. The Labute approximate surface area is 187 Å². The summed E-state index contributed by atoms with van der Waals surface area (Å²) < 4.78 is 6.36. The van der Waals surface area contributed by atoms with Crippen LogP contribution in [-0.4, -0.2) is 22.4 Å². The maximum Gasteiger partial charge on any atom is 0.119 e. The van der Waals surface area contributed by atoms with Gasteiger partial charge in [-0.2, -0.15) is 0 Å². The molecule has 2 aliphatic rings. The predicted octanol–water partition coefficient (Wildman–Crippen LogP) is 6.05. The number of phenols is 1. The second-order valence-corrected chi connectivity index (χ2v) is 9.71. The van der Waals surface area contributed by atoms with Gasteiger partial charge in [0.1, 0.15) is 5.75 Å². The van der Waals surface area contributed by atoms with Gasteiger partial charge >= 0.3 is 0 Å². The first-order chi connectivity index (χ1) is 15.2. The monoisotopic (exact) mass is 422 g/mol. The Balaban J connectivity index is 1.37. The number of benzene rings is 2. The van der Waals surface area contributed by atoms with Crippen molar-refractivity contribution in [3.05, 3.63) is 65.2 Å². The van der Waals surface area contributed by atoms with Crippen molar-refractivity contribution >= 4 is 0 Å².